The molecule has 6 heteroatoms. The highest BCUT2D eigenvalue weighted by Crippen LogP contribution is 2.32. The molecule has 2 aromatic carbocycles. The van der Waals surface area contributed by atoms with Gasteiger partial charge in [0.05, 0.1) is 24.4 Å². The van der Waals surface area contributed by atoms with Crippen LogP contribution in [0.3, 0.4) is 0 Å². The van der Waals surface area contributed by atoms with Crippen molar-refractivity contribution < 1.29 is 4.74 Å². The SMILES string of the molecule is COc1cccc2c1CCCC2=NCc1nc(-c2ccc(Cl)cc2Cl)cs1. The molecule has 0 bridgehead atoms. The summed E-state index contributed by atoms with van der Waals surface area (Å²) in [6.45, 7) is 0.571. The molecule has 1 aromatic heterocycles. The molecule has 0 N–H and O–H groups in total. The van der Waals surface area contributed by atoms with Crippen LogP contribution in [0.5, 0.6) is 5.75 Å². The summed E-state index contributed by atoms with van der Waals surface area (Å²) in [6.07, 6.45) is 3.12. The molecule has 0 aliphatic heterocycles. The van der Waals surface area contributed by atoms with Crippen LogP contribution >= 0.6 is 34.5 Å². The molecule has 0 fully saturated rings. The fourth-order valence-corrected chi connectivity index (χ4v) is 4.61. The summed E-state index contributed by atoms with van der Waals surface area (Å²) in [6, 6.07) is 11.7. The Labute approximate surface area is 172 Å². The first-order chi connectivity index (χ1) is 13.2. The summed E-state index contributed by atoms with van der Waals surface area (Å²) < 4.78 is 5.51. The largest absolute Gasteiger partial charge is 0.496 e. The van der Waals surface area contributed by atoms with Gasteiger partial charge < -0.3 is 4.74 Å². The van der Waals surface area contributed by atoms with Crippen molar-refractivity contribution in [3.05, 3.63) is 68.0 Å². The van der Waals surface area contributed by atoms with Gasteiger partial charge in [-0.1, -0.05) is 35.3 Å². The molecular weight excluding hydrogens is 399 g/mol. The Morgan fingerprint density at radius 1 is 1.15 bits per heavy atom. The zero-order valence-corrected chi connectivity index (χ0v) is 17.2. The van der Waals surface area contributed by atoms with Gasteiger partial charge in [0.2, 0.25) is 0 Å². The highest BCUT2D eigenvalue weighted by molar-refractivity contribution is 7.09. The van der Waals surface area contributed by atoms with Gasteiger partial charge in [-0.2, -0.15) is 0 Å². The maximum absolute atomic E-state index is 6.30. The molecule has 27 heavy (non-hydrogen) atoms. The zero-order valence-electron chi connectivity index (χ0n) is 14.8. The van der Waals surface area contributed by atoms with Gasteiger partial charge in [0.25, 0.3) is 0 Å². The van der Waals surface area contributed by atoms with Crippen LogP contribution in [0.2, 0.25) is 10.0 Å². The molecule has 0 amide bonds. The van der Waals surface area contributed by atoms with Crippen LogP contribution < -0.4 is 4.74 Å². The smallest absolute Gasteiger partial charge is 0.122 e. The maximum atomic E-state index is 6.30. The zero-order chi connectivity index (χ0) is 18.8. The van der Waals surface area contributed by atoms with Crippen molar-refractivity contribution in [2.24, 2.45) is 4.99 Å². The molecule has 3 nitrogen and oxygen atoms in total. The minimum atomic E-state index is 0.571. The van der Waals surface area contributed by atoms with E-state index < -0.39 is 0 Å². The number of halogens is 2. The van der Waals surface area contributed by atoms with Crippen molar-refractivity contribution in [2.45, 2.75) is 25.8 Å². The number of methoxy groups -OCH3 is 1. The van der Waals surface area contributed by atoms with Crippen molar-refractivity contribution in [1.82, 2.24) is 4.98 Å². The number of aliphatic imine (C=N–C) groups is 1. The van der Waals surface area contributed by atoms with Crippen LogP contribution in [0.1, 0.15) is 29.0 Å². The maximum Gasteiger partial charge on any atom is 0.122 e. The standard InChI is InChI=1S/C21H18Cl2N2OS/c1-26-20-7-3-4-14-15(20)5-2-6-18(14)24-11-21-25-19(12-27-21)16-9-8-13(22)10-17(16)23/h3-4,7-10,12H,2,5-6,11H2,1H3. The predicted octanol–water partition coefficient (Wildman–Crippen LogP) is 6.45. The molecule has 4 rings (SSSR count). The van der Waals surface area contributed by atoms with E-state index in [4.69, 9.17) is 37.9 Å². The number of fused-ring (bicyclic) bond motifs is 1. The van der Waals surface area contributed by atoms with E-state index in [1.807, 2.05) is 29.6 Å². The molecule has 0 radical (unpaired) electrons. The molecule has 138 valence electrons. The van der Waals surface area contributed by atoms with Crippen molar-refractivity contribution in [3.63, 3.8) is 0 Å². The average Bonchev–Trinajstić information content (AvgIpc) is 3.14. The first-order valence-corrected chi connectivity index (χ1v) is 10.4. The Morgan fingerprint density at radius 2 is 2.04 bits per heavy atom. The Balaban J connectivity index is 1.58. The Kier molecular flexibility index (Phi) is 5.48. The molecule has 1 aliphatic rings. The third-order valence-electron chi connectivity index (χ3n) is 4.67. The van der Waals surface area contributed by atoms with E-state index in [2.05, 4.69) is 6.07 Å². The lowest BCUT2D eigenvalue weighted by Gasteiger charge is -2.20. The molecular formula is C21H18Cl2N2OS. The van der Waals surface area contributed by atoms with Crippen molar-refractivity contribution in [3.8, 4) is 17.0 Å². The molecule has 1 heterocycles. The van der Waals surface area contributed by atoms with E-state index in [0.29, 0.717) is 16.6 Å². The summed E-state index contributed by atoms with van der Waals surface area (Å²) in [4.78, 5) is 9.57. The summed E-state index contributed by atoms with van der Waals surface area (Å²) in [5, 5.41) is 4.22. The molecule has 0 spiro atoms. The molecule has 0 saturated heterocycles. The fourth-order valence-electron chi connectivity index (χ4n) is 3.38. The van der Waals surface area contributed by atoms with Gasteiger partial charge in [0.1, 0.15) is 10.8 Å². The Morgan fingerprint density at radius 3 is 2.85 bits per heavy atom. The lowest BCUT2D eigenvalue weighted by atomic mass is 9.89. The minimum Gasteiger partial charge on any atom is -0.496 e. The number of rotatable bonds is 4. The van der Waals surface area contributed by atoms with Gasteiger partial charge in [-0.05, 0) is 43.5 Å². The monoisotopic (exact) mass is 416 g/mol. The van der Waals surface area contributed by atoms with Gasteiger partial charge in [-0.3, -0.25) is 4.99 Å². The van der Waals surface area contributed by atoms with Crippen LogP contribution in [-0.2, 0) is 13.0 Å². The molecule has 0 saturated carbocycles. The normalized spacial score (nSPS) is 15.0. The highest BCUT2D eigenvalue weighted by Gasteiger charge is 2.18. The third-order valence-corrected chi connectivity index (χ3v) is 6.05. The average molecular weight is 417 g/mol. The van der Waals surface area contributed by atoms with E-state index >= 15 is 0 Å². The van der Waals surface area contributed by atoms with Crippen molar-refractivity contribution >= 4 is 40.3 Å². The first-order valence-electron chi connectivity index (χ1n) is 8.75. The van der Waals surface area contributed by atoms with Gasteiger partial charge >= 0.3 is 0 Å². The third kappa shape index (κ3) is 3.88. The number of hydrogen-bond donors (Lipinski definition) is 0. The Bertz CT molecular complexity index is 1010. The number of benzene rings is 2. The second kappa shape index (κ2) is 8.01. The highest BCUT2D eigenvalue weighted by atomic mass is 35.5. The van der Waals surface area contributed by atoms with E-state index in [1.165, 1.54) is 11.1 Å². The van der Waals surface area contributed by atoms with Gasteiger partial charge in [0, 0.05) is 32.8 Å². The second-order valence-electron chi connectivity index (χ2n) is 6.35. The predicted molar refractivity (Wildman–Crippen MR) is 114 cm³/mol. The van der Waals surface area contributed by atoms with Gasteiger partial charge in [-0.25, -0.2) is 4.98 Å². The molecule has 0 atom stereocenters. The minimum absolute atomic E-state index is 0.571. The quantitative estimate of drug-likeness (QED) is 0.489. The summed E-state index contributed by atoms with van der Waals surface area (Å²) in [5.41, 5.74) is 5.36. The van der Waals surface area contributed by atoms with Crippen LogP contribution in [0.4, 0.5) is 0 Å². The first kappa shape index (κ1) is 18.5. The number of aromatic nitrogens is 1. The lowest BCUT2D eigenvalue weighted by molar-refractivity contribution is 0.408. The Hall–Kier alpha value is -1.88. The van der Waals surface area contributed by atoms with E-state index in [-0.39, 0.29) is 0 Å². The topological polar surface area (TPSA) is 34.5 Å². The summed E-state index contributed by atoms with van der Waals surface area (Å²) in [7, 11) is 1.72. The van der Waals surface area contributed by atoms with Crippen LogP contribution in [0.15, 0.2) is 46.8 Å². The lowest BCUT2D eigenvalue weighted by Crippen LogP contribution is -2.13. The fraction of sp³-hybridized carbons (Fsp3) is 0.238. The van der Waals surface area contributed by atoms with Crippen LogP contribution in [-0.4, -0.2) is 17.8 Å². The van der Waals surface area contributed by atoms with Crippen LogP contribution in [0.25, 0.3) is 11.3 Å². The van der Waals surface area contributed by atoms with E-state index in [1.54, 1.807) is 24.5 Å². The van der Waals surface area contributed by atoms with Crippen molar-refractivity contribution in [2.75, 3.05) is 7.11 Å². The van der Waals surface area contributed by atoms with Gasteiger partial charge in [-0.15, -0.1) is 11.3 Å². The molecule has 0 unspecified atom stereocenters. The number of ether oxygens (including phenoxy) is 1. The van der Waals surface area contributed by atoms with Crippen LogP contribution in [0, 0.1) is 0 Å². The van der Waals surface area contributed by atoms with E-state index in [0.717, 1.165) is 47.0 Å². The summed E-state index contributed by atoms with van der Waals surface area (Å²) >= 11 is 13.9. The van der Waals surface area contributed by atoms with Gasteiger partial charge in [0.15, 0.2) is 0 Å². The van der Waals surface area contributed by atoms with E-state index in [9.17, 15) is 0 Å². The number of nitrogens with zero attached hydrogens (tertiary/aromatic N) is 2. The van der Waals surface area contributed by atoms with Crippen molar-refractivity contribution in [1.29, 1.82) is 0 Å². The second-order valence-corrected chi connectivity index (χ2v) is 8.14. The summed E-state index contributed by atoms with van der Waals surface area (Å²) in [5.74, 6) is 0.953. The number of hydrogen-bond acceptors (Lipinski definition) is 4. The molecule has 3 aromatic rings. The molecule has 1 aliphatic carbocycles. The number of thiazole rings is 1.